The Hall–Kier alpha value is -3.39. The number of carbonyl (C=O) groups is 1. The van der Waals surface area contributed by atoms with Crippen LogP contribution in [0.15, 0.2) is 77.8 Å². The Morgan fingerprint density at radius 1 is 0.971 bits per heavy atom. The predicted octanol–water partition coefficient (Wildman–Crippen LogP) is 6.92. The van der Waals surface area contributed by atoms with Crippen molar-refractivity contribution in [2.75, 3.05) is 0 Å². The van der Waals surface area contributed by atoms with Crippen molar-refractivity contribution in [3.05, 3.63) is 106 Å². The molecule has 0 saturated carbocycles. The summed E-state index contributed by atoms with van der Waals surface area (Å²) in [5, 5.41) is 3.59. The number of pyridine rings is 1. The van der Waals surface area contributed by atoms with Crippen LogP contribution in [0.2, 0.25) is 0 Å². The molecule has 3 nitrogen and oxygen atoms in total. The molecule has 1 heterocycles. The molecule has 0 fully saturated rings. The maximum Gasteiger partial charge on any atom is 0.416 e. The smallest absolute Gasteiger partial charge is 0.348 e. The summed E-state index contributed by atoms with van der Waals surface area (Å²) in [4.78, 5) is 17.6. The molecule has 0 atom stereocenters. The van der Waals surface area contributed by atoms with Gasteiger partial charge in [-0.3, -0.25) is 4.79 Å². The molecule has 1 amide bonds. The van der Waals surface area contributed by atoms with E-state index in [1.807, 2.05) is 30.3 Å². The molecule has 0 radical (unpaired) electrons. The van der Waals surface area contributed by atoms with Crippen molar-refractivity contribution >= 4 is 28.6 Å². The molecular formula is C26H20F4N2OS. The summed E-state index contributed by atoms with van der Waals surface area (Å²) < 4.78 is 53.3. The van der Waals surface area contributed by atoms with Gasteiger partial charge in [0.05, 0.1) is 16.6 Å². The van der Waals surface area contributed by atoms with Crippen molar-refractivity contribution in [1.29, 1.82) is 0 Å². The predicted molar refractivity (Wildman–Crippen MR) is 125 cm³/mol. The second kappa shape index (κ2) is 9.85. The van der Waals surface area contributed by atoms with E-state index < -0.39 is 23.5 Å². The van der Waals surface area contributed by atoms with E-state index in [1.54, 1.807) is 19.1 Å². The molecule has 0 aliphatic rings. The fourth-order valence-electron chi connectivity index (χ4n) is 3.59. The highest BCUT2D eigenvalue weighted by Gasteiger charge is 2.31. The lowest BCUT2D eigenvalue weighted by atomic mass is 10.0. The average molecular weight is 485 g/mol. The Labute approximate surface area is 198 Å². The topological polar surface area (TPSA) is 42.0 Å². The normalized spacial score (nSPS) is 11.6. The van der Waals surface area contributed by atoms with Gasteiger partial charge in [-0.15, -0.1) is 11.8 Å². The van der Waals surface area contributed by atoms with Crippen molar-refractivity contribution in [3.8, 4) is 0 Å². The van der Waals surface area contributed by atoms with Crippen LogP contribution in [0.5, 0.6) is 0 Å². The number of benzene rings is 3. The van der Waals surface area contributed by atoms with Gasteiger partial charge < -0.3 is 5.32 Å². The standard InChI is InChI=1S/C26H20F4N2OS/c1-16-21-11-10-19(26(28,29)30)13-22(21)32-25(34-15-17-6-3-2-4-7-17)23(16)24(33)31-14-18-8-5-9-20(27)12-18/h2-13H,14-15H2,1H3,(H,31,33). The summed E-state index contributed by atoms with van der Waals surface area (Å²) in [6, 6.07) is 18.7. The van der Waals surface area contributed by atoms with E-state index in [1.165, 1.54) is 30.0 Å². The van der Waals surface area contributed by atoms with Gasteiger partial charge in [0.15, 0.2) is 0 Å². The van der Waals surface area contributed by atoms with E-state index in [9.17, 15) is 22.4 Å². The van der Waals surface area contributed by atoms with E-state index in [2.05, 4.69) is 10.3 Å². The van der Waals surface area contributed by atoms with Crippen LogP contribution in [0.3, 0.4) is 0 Å². The van der Waals surface area contributed by atoms with Gasteiger partial charge >= 0.3 is 6.18 Å². The largest absolute Gasteiger partial charge is 0.416 e. The lowest BCUT2D eigenvalue weighted by molar-refractivity contribution is -0.137. The fourth-order valence-corrected chi connectivity index (χ4v) is 4.64. The van der Waals surface area contributed by atoms with Crippen LogP contribution in [-0.4, -0.2) is 10.9 Å². The molecule has 0 unspecified atom stereocenters. The molecule has 0 bridgehead atoms. The molecule has 8 heteroatoms. The Morgan fingerprint density at radius 2 is 1.71 bits per heavy atom. The molecule has 1 aromatic heterocycles. The Kier molecular flexibility index (Phi) is 6.88. The molecule has 4 rings (SSSR count). The zero-order valence-electron chi connectivity index (χ0n) is 18.1. The van der Waals surface area contributed by atoms with Crippen LogP contribution in [0, 0.1) is 12.7 Å². The number of fused-ring (bicyclic) bond motifs is 1. The third-order valence-electron chi connectivity index (χ3n) is 5.33. The second-order valence-electron chi connectivity index (χ2n) is 7.73. The third-order valence-corrected chi connectivity index (χ3v) is 6.37. The first-order valence-corrected chi connectivity index (χ1v) is 11.4. The number of halogens is 4. The highest BCUT2D eigenvalue weighted by atomic mass is 32.2. The lowest BCUT2D eigenvalue weighted by Gasteiger charge is -2.16. The number of aromatic nitrogens is 1. The Morgan fingerprint density at radius 3 is 2.41 bits per heavy atom. The highest BCUT2D eigenvalue weighted by molar-refractivity contribution is 7.98. The summed E-state index contributed by atoms with van der Waals surface area (Å²) >= 11 is 1.28. The van der Waals surface area contributed by atoms with Gasteiger partial charge in [0.1, 0.15) is 10.8 Å². The first-order valence-electron chi connectivity index (χ1n) is 10.4. The number of amides is 1. The SMILES string of the molecule is Cc1c(C(=O)NCc2cccc(F)c2)c(SCc2ccccc2)nc2cc(C(F)(F)F)ccc12. The molecule has 0 saturated heterocycles. The van der Waals surface area contributed by atoms with Crippen molar-refractivity contribution in [2.45, 2.75) is 30.4 Å². The first kappa shape index (κ1) is 23.8. The van der Waals surface area contributed by atoms with E-state index in [4.69, 9.17) is 0 Å². The van der Waals surface area contributed by atoms with Crippen molar-refractivity contribution in [2.24, 2.45) is 0 Å². The first-order chi connectivity index (χ1) is 16.2. The van der Waals surface area contributed by atoms with Crippen molar-refractivity contribution < 1.29 is 22.4 Å². The van der Waals surface area contributed by atoms with Crippen LogP contribution in [0.4, 0.5) is 17.6 Å². The molecule has 0 aliphatic heterocycles. The van der Waals surface area contributed by atoms with Crippen LogP contribution in [0.25, 0.3) is 10.9 Å². The molecule has 174 valence electrons. The third kappa shape index (κ3) is 5.39. The minimum atomic E-state index is -4.50. The zero-order valence-corrected chi connectivity index (χ0v) is 18.9. The van der Waals surface area contributed by atoms with Gasteiger partial charge in [0.2, 0.25) is 0 Å². The lowest BCUT2D eigenvalue weighted by Crippen LogP contribution is -2.25. The molecular weight excluding hydrogens is 464 g/mol. The van der Waals surface area contributed by atoms with E-state index in [0.29, 0.717) is 32.9 Å². The minimum absolute atomic E-state index is 0.101. The number of nitrogens with zero attached hydrogens (tertiary/aromatic N) is 1. The molecule has 1 N–H and O–H groups in total. The number of carbonyl (C=O) groups excluding carboxylic acids is 1. The van der Waals surface area contributed by atoms with Gasteiger partial charge in [-0.25, -0.2) is 9.37 Å². The number of thioether (sulfide) groups is 1. The summed E-state index contributed by atoms with van der Waals surface area (Å²) in [5.74, 6) is -0.344. The summed E-state index contributed by atoms with van der Waals surface area (Å²) in [5.41, 5.74) is 1.78. The van der Waals surface area contributed by atoms with Crippen LogP contribution in [0.1, 0.15) is 32.6 Å². The van der Waals surface area contributed by atoms with Gasteiger partial charge in [-0.2, -0.15) is 13.2 Å². The van der Waals surface area contributed by atoms with E-state index >= 15 is 0 Å². The van der Waals surface area contributed by atoms with Crippen LogP contribution >= 0.6 is 11.8 Å². The van der Waals surface area contributed by atoms with Gasteiger partial charge in [-0.1, -0.05) is 48.5 Å². The van der Waals surface area contributed by atoms with Gasteiger partial charge in [-0.05, 0) is 47.9 Å². The number of hydrogen-bond donors (Lipinski definition) is 1. The fraction of sp³-hybridized carbons (Fsp3) is 0.154. The maximum absolute atomic E-state index is 13.5. The number of aryl methyl sites for hydroxylation is 1. The number of hydrogen-bond acceptors (Lipinski definition) is 3. The second-order valence-corrected chi connectivity index (χ2v) is 8.70. The molecule has 3 aromatic carbocycles. The molecule has 0 spiro atoms. The zero-order chi connectivity index (χ0) is 24.3. The van der Waals surface area contributed by atoms with E-state index in [-0.39, 0.29) is 12.1 Å². The summed E-state index contributed by atoms with van der Waals surface area (Å²) in [7, 11) is 0. The minimum Gasteiger partial charge on any atom is -0.348 e. The van der Waals surface area contributed by atoms with Gasteiger partial charge in [0.25, 0.3) is 5.91 Å². The number of nitrogens with one attached hydrogen (secondary N) is 1. The van der Waals surface area contributed by atoms with Crippen molar-refractivity contribution in [3.63, 3.8) is 0 Å². The van der Waals surface area contributed by atoms with Gasteiger partial charge in [0, 0.05) is 17.7 Å². The summed E-state index contributed by atoms with van der Waals surface area (Å²) in [6.07, 6.45) is -4.50. The summed E-state index contributed by atoms with van der Waals surface area (Å²) in [6.45, 7) is 1.80. The van der Waals surface area contributed by atoms with E-state index in [0.717, 1.165) is 17.7 Å². The van der Waals surface area contributed by atoms with Crippen molar-refractivity contribution in [1.82, 2.24) is 10.3 Å². The molecule has 0 aliphatic carbocycles. The maximum atomic E-state index is 13.5. The number of alkyl halides is 3. The molecule has 34 heavy (non-hydrogen) atoms. The highest BCUT2D eigenvalue weighted by Crippen LogP contribution is 2.35. The number of rotatable bonds is 6. The van der Waals surface area contributed by atoms with Crippen LogP contribution < -0.4 is 5.32 Å². The monoisotopic (exact) mass is 484 g/mol. The Balaban J connectivity index is 1.72. The Bertz CT molecular complexity index is 1340. The van der Waals surface area contributed by atoms with Crippen LogP contribution in [-0.2, 0) is 18.5 Å². The molecule has 4 aromatic rings. The quantitative estimate of drug-likeness (QED) is 0.239. The average Bonchev–Trinajstić information content (AvgIpc) is 2.81.